The topological polar surface area (TPSA) is 43.8 Å². The third kappa shape index (κ3) is 2.74. The Bertz CT molecular complexity index is 258. The number of likely N-dealkylation sites (N-methyl/N-ethyl adjacent to an activating group) is 1. The highest BCUT2D eigenvalue weighted by atomic mass is 16.3. The molecule has 92 valence electrons. The van der Waals surface area contributed by atoms with E-state index in [4.69, 9.17) is 0 Å². The lowest BCUT2D eigenvalue weighted by molar-refractivity contribution is -0.136. The fourth-order valence-electron chi connectivity index (χ4n) is 2.65. The van der Waals surface area contributed by atoms with Crippen molar-refractivity contribution in [3.05, 3.63) is 0 Å². The first kappa shape index (κ1) is 11.9. The van der Waals surface area contributed by atoms with Crippen LogP contribution in [-0.4, -0.2) is 59.6 Å². The first-order chi connectivity index (χ1) is 7.59. The quantitative estimate of drug-likeness (QED) is 0.757. The number of hydrogen-bond acceptors (Lipinski definition) is 3. The first-order valence-electron chi connectivity index (χ1n) is 6.28. The van der Waals surface area contributed by atoms with Crippen LogP contribution >= 0.6 is 0 Å². The van der Waals surface area contributed by atoms with Gasteiger partial charge in [-0.15, -0.1) is 0 Å². The van der Waals surface area contributed by atoms with Gasteiger partial charge in [-0.25, -0.2) is 0 Å². The summed E-state index contributed by atoms with van der Waals surface area (Å²) in [5.41, 5.74) is -0.538. The van der Waals surface area contributed by atoms with Crippen LogP contribution < -0.4 is 0 Å². The van der Waals surface area contributed by atoms with Gasteiger partial charge in [0.1, 0.15) is 0 Å². The Kier molecular flexibility index (Phi) is 3.50. The number of hydrogen-bond donors (Lipinski definition) is 1. The van der Waals surface area contributed by atoms with Crippen molar-refractivity contribution in [2.75, 3.05) is 33.2 Å². The van der Waals surface area contributed by atoms with E-state index >= 15 is 0 Å². The number of carbonyl (C=O) groups excluding carboxylic acids is 1. The molecule has 1 saturated heterocycles. The number of amides is 1. The van der Waals surface area contributed by atoms with Crippen molar-refractivity contribution >= 4 is 5.91 Å². The van der Waals surface area contributed by atoms with Crippen LogP contribution in [0.1, 0.15) is 32.1 Å². The van der Waals surface area contributed by atoms with E-state index < -0.39 is 5.60 Å². The largest absolute Gasteiger partial charge is 0.389 e. The summed E-state index contributed by atoms with van der Waals surface area (Å²) >= 11 is 0. The molecule has 16 heavy (non-hydrogen) atoms. The second kappa shape index (κ2) is 4.72. The van der Waals surface area contributed by atoms with E-state index in [1.807, 2.05) is 16.8 Å². The maximum Gasteiger partial charge on any atom is 0.236 e. The molecule has 2 fully saturated rings. The van der Waals surface area contributed by atoms with Crippen molar-refractivity contribution in [2.24, 2.45) is 0 Å². The number of nitrogens with zero attached hydrogens (tertiary/aromatic N) is 2. The minimum Gasteiger partial charge on any atom is -0.389 e. The molecule has 4 heteroatoms. The maximum absolute atomic E-state index is 11.7. The second-order valence-corrected chi connectivity index (χ2v) is 5.34. The number of likely N-dealkylation sites (tertiary alicyclic amines) is 1. The fourth-order valence-corrected chi connectivity index (χ4v) is 2.65. The van der Waals surface area contributed by atoms with Crippen molar-refractivity contribution in [3.63, 3.8) is 0 Å². The van der Waals surface area contributed by atoms with Gasteiger partial charge in [-0.3, -0.25) is 9.69 Å². The van der Waals surface area contributed by atoms with Crippen LogP contribution in [0.2, 0.25) is 0 Å². The maximum atomic E-state index is 11.7. The van der Waals surface area contributed by atoms with Gasteiger partial charge in [0.15, 0.2) is 0 Å². The van der Waals surface area contributed by atoms with Gasteiger partial charge in [-0.2, -0.15) is 0 Å². The highest BCUT2D eigenvalue weighted by Crippen LogP contribution is 2.29. The molecule has 1 aliphatic heterocycles. The summed E-state index contributed by atoms with van der Waals surface area (Å²) in [6.45, 7) is 2.91. The van der Waals surface area contributed by atoms with Gasteiger partial charge >= 0.3 is 0 Å². The van der Waals surface area contributed by atoms with Crippen LogP contribution in [-0.2, 0) is 4.79 Å². The predicted octanol–water partition coefficient (Wildman–Crippen LogP) is 0.456. The zero-order valence-electron chi connectivity index (χ0n) is 10.1. The smallest absolute Gasteiger partial charge is 0.236 e. The van der Waals surface area contributed by atoms with E-state index in [2.05, 4.69) is 0 Å². The molecular weight excluding hydrogens is 204 g/mol. The van der Waals surface area contributed by atoms with Gasteiger partial charge < -0.3 is 10.0 Å². The van der Waals surface area contributed by atoms with Crippen molar-refractivity contribution < 1.29 is 9.90 Å². The number of aliphatic hydroxyl groups is 1. The average molecular weight is 226 g/mol. The molecule has 1 amide bonds. The van der Waals surface area contributed by atoms with Crippen LogP contribution in [0.4, 0.5) is 0 Å². The van der Waals surface area contributed by atoms with E-state index in [1.54, 1.807) is 0 Å². The summed E-state index contributed by atoms with van der Waals surface area (Å²) < 4.78 is 0. The monoisotopic (exact) mass is 226 g/mol. The van der Waals surface area contributed by atoms with E-state index in [-0.39, 0.29) is 5.91 Å². The molecule has 1 N–H and O–H groups in total. The Morgan fingerprint density at radius 2 is 1.94 bits per heavy atom. The zero-order valence-corrected chi connectivity index (χ0v) is 10.1. The molecule has 1 aliphatic carbocycles. The lowest BCUT2D eigenvalue weighted by Crippen LogP contribution is -2.49. The standard InChI is InChI=1S/C12H22N2O2/c1-13(9-11(15)14-7-4-8-14)10-12(16)5-2-3-6-12/h16H,2-10H2,1H3. The second-order valence-electron chi connectivity index (χ2n) is 5.34. The summed E-state index contributed by atoms with van der Waals surface area (Å²) in [5.74, 6) is 0.204. The molecule has 0 spiro atoms. The van der Waals surface area contributed by atoms with Gasteiger partial charge in [-0.1, -0.05) is 12.8 Å². The normalized spacial score (nSPS) is 23.6. The molecular formula is C12H22N2O2. The fraction of sp³-hybridized carbons (Fsp3) is 0.917. The highest BCUT2D eigenvalue weighted by molar-refractivity contribution is 5.78. The summed E-state index contributed by atoms with van der Waals surface area (Å²) in [6.07, 6.45) is 5.14. The molecule has 0 aromatic carbocycles. The molecule has 0 atom stereocenters. The molecule has 2 aliphatic rings. The van der Waals surface area contributed by atoms with Crippen molar-refractivity contribution in [3.8, 4) is 0 Å². The van der Waals surface area contributed by atoms with Crippen molar-refractivity contribution in [1.29, 1.82) is 0 Å². The van der Waals surface area contributed by atoms with Crippen LogP contribution in [0.15, 0.2) is 0 Å². The molecule has 0 unspecified atom stereocenters. The minimum absolute atomic E-state index is 0.204. The highest BCUT2D eigenvalue weighted by Gasteiger charge is 2.33. The molecule has 0 aromatic heterocycles. The summed E-state index contributed by atoms with van der Waals surface area (Å²) in [7, 11) is 1.92. The summed E-state index contributed by atoms with van der Waals surface area (Å²) in [4.78, 5) is 15.6. The van der Waals surface area contributed by atoms with Crippen LogP contribution in [0.5, 0.6) is 0 Å². The van der Waals surface area contributed by atoms with Gasteiger partial charge in [0.2, 0.25) is 5.91 Å². The Labute approximate surface area is 97.2 Å². The summed E-state index contributed by atoms with van der Waals surface area (Å²) in [5, 5.41) is 10.2. The first-order valence-corrected chi connectivity index (χ1v) is 6.28. The third-order valence-electron chi connectivity index (χ3n) is 3.71. The zero-order chi connectivity index (χ0) is 11.6. The van der Waals surface area contributed by atoms with Crippen LogP contribution in [0.25, 0.3) is 0 Å². The van der Waals surface area contributed by atoms with Crippen LogP contribution in [0, 0.1) is 0 Å². The van der Waals surface area contributed by atoms with E-state index in [9.17, 15) is 9.90 Å². The number of rotatable bonds is 4. The van der Waals surface area contributed by atoms with Crippen molar-refractivity contribution in [2.45, 2.75) is 37.7 Å². The molecule has 1 saturated carbocycles. The molecule has 0 radical (unpaired) electrons. The van der Waals surface area contributed by atoms with Gasteiger partial charge in [0, 0.05) is 19.6 Å². The van der Waals surface area contributed by atoms with Gasteiger partial charge in [0.25, 0.3) is 0 Å². The minimum atomic E-state index is -0.538. The Morgan fingerprint density at radius 3 is 2.44 bits per heavy atom. The van der Waals surface area contributed by atoms with E-state index in [1.165, 1.54) is 0 Å². The van der Waals surface area contributed by atoms with Crippen LogP contribution in [0.3, 0.4) is 0 Å². The lowest BCUT2D eigenvalue weighted by Gasteiger charge is -2.34. The third-order valence-corrected chi connectivity index (χ3v) is 3.71. The van der Waals surface area contributed by atoms with Gasteiger partial charge in [-0.05, 0) is 26.3 Å². The summed E-state index contributed by atoms with van der Waals surface area (Å²) in [6, 6.07) is 0. The van der Waals surface area contributed by atoms with E-state index in [0.29, 0.717) is 13.1 Å². The molecule has 2 rings (SSSR count). The lowest BCUT2D eigenvalue weighted by atomic mass is 10.0. The van der Waals surface area contributed by atoms with Gasteiger partial charge in [0.05, 0.1) is 12.1 Å². The average Bonchev–Trinajstić information content (AvgIpc) is 2.47. The molecule has 4 nitrogen and oxygen atoms in total. The number of carbonyl (C=O) groups is 1. The van der Waals surface area contributed by atoms with E-state index in [0.717, 1.165) is 45.2 Å². The molecule has 0 bridgehead atoms. The Morgan fingerprint density at radius 1 is 1.31 bits per heavy atom. The molecule has 0 aromatic rings. The predicted molar refractivity (Wildman–Crippen MR) is 62.1 cm³/mol. The van der Waals surface area contributed by atoms with Crippen molar-refractivity contribution in [1.82, 2.24) is 9.80 Å². The Hall–Kier alpha value is -0.610. The SMILES string of the molecule is CN(CC(=O)N1CCC1)CC1(O)CCCC1. The Balaban J connectivity index is 1.74. The molecule has 1 heterocycles.